The van der Waals surface area contributed by atoms with Gasteiger partial charge in [0.2, 0.25) is 12.7 Å². The van der Waals surface area contributed by atoms with Crippen LogP contribution < -0.4 is 19.5 Å². The first-order chi connectivity index (χ1) is 14.3. The first-order valence-corrected chi connectivity index (χ1v) is 9.64. The van der Waals surface area contributed by atoms with Crippen LogP contribution in [0, 0.1) is 5.41 Å². The number of nitrogens with zero attached hydrogens (tertiary/aromatic N) is 3. The molecule has 0 atom stereocenters. The molecule has 0 aliphatic carbocycles. The minimum Gasteiger partial charge on any atom is -0.466 e. The van der Waals surface area contributed by atoms with Crippen LogP contribution in [0.3, 0.4) is 0 Å². The lowest BCUT2D eigenvalue weighted by Crippen LogP contribution is -2.19. The van der Waals surface area contributed by atoms with E-state index >= 15 is 0 Å². The molecule has 2 aromatic carbocycles. The Labute approximate surface area is 174 Å². The minimum absolute atomic E-state index is 0.0151. The maximum Gasteiger partial charge on any atom is 0.336 e. The highest BCUT2D eigenvalue weighted by Crippen LogP contribution is 2.36. The maximum absolute atomic E-state index is 12.2. The zero-order chi connectivity index (χ0) is 21.3. The lowest BCUT2D eigenvalue weighted by Gasteiger charge is -2.17. The Morgan fingerprint density at radius 1 is 1.13 bits per heavy atom. The van der Waals surface area contributed by atoms with Crippen molar-refractivity contribution in [2.75, 3.05) is 19.2 Å². The van der Waals surface area contributed by atoms with Crippen LogP contribution in [0.25, 0.3) is 17.1 Å². The summed E-state index contributed by atoms with van der Waals surface area (Å²) in [7, 11) is 1.52. The summed E-state index contributed by atoms with van der Waals surface area (Å²) in [6, 6.07) is 13.3. The number of methoxy groups -OCH3 is 1. The van der Waals surface area contributed by atoms with Crippen molar-refractivity contribution in [1.29, 1.82) is 0 Å². The van der Waals surface area contributed by atoms with Crippen molar-refractivity contribution in [3.63, 3.8) is 0 Å². The van der Waals surface area contributed by atoms with Crippen molar-refractivity contribution < 1.29 is 19.0 Å². The summed E-state index contributed by atoms with van der Waals surface area (Å²) in [6.45, 7) is 6.31. The molecule has 1 N–H and O–H groups in total. The van der Waals surface area contributed by atoms with Crippen LogP contribution in [-0.2, 0) is 4.79 Å². The Balaban J connectivity index is 1.61. The Morgan fingerprint density at radius 3 is 2.57 bits per heavy atom. The van der Waals surface area contributed by atoms with Gasteiger partial charge in [0, 0.05) is 17.7 Å². The average Bonchev–Trinajstić information content (AvgIpc) is 3.33. The second-order valence-electron chi connectivity index (χ2n) is 8.23. The van der Waals surface area contributed by atoms with Gasteiger partial charge >= 0.3 is 6.01 Å². The minimum atomic E-state index is -0.0686. The molecule has 0 unspecified atom stereocenters. The molecule has 0 spiro atoms. The van der Waals surface area contributed by atoms with Crippen molar-refractivity contribution in [3.8, 4) is 34.6 Å². The van der Waals surface area contributed by atoms with E-state index < -0.39 is 0 Å². The highest BCUT2D eigenvalue weighted by atomic mass is 16.7. The largest absolute Gasteiger partial charge is 0.466 e. The number of hydrogen-bond acceptors (Lipinski definition) is 6. The second-order valence-corrected chi connectivity index (χ2v) is 8.23. The van der Waals surface area contributed by atoms with Crippen molar-refractivity contribution in [2.45, 2.75) is 27.2 Å². The Morgan fingerprint density at radius 2 is 1.87 bits per heavy atom. The number of benzene rings is 2. The lowest BCUT2D eigenvalue weighted by atomic mass is 9.92. The summed E-state index contributed by atoms with van der Waals surface area (Å²) in [5.41, 5.74) is 2.26. The summed E-state index contributed by atoms with van der Waals surface area (Å²) in [5.74, 6) is 1.96. The van der Waals surface area contributed by atoms with E-state index in [1.165, 1.54) is 7.11 Å². The molecule has 0 saturated heterocycles. The SMILES string of the molecule is COc1nc(-c2ccc3c(c2)OCO3)n(-c2ccc(NC(=O)CC(C)(C)C)cc2)n1. The number of ether oxygens (including phenoxy) is 3. The zero-order valence-corrected chi connectivity index (χ0v) is 17.4. The third-order valence-electron chi connectivity index (χ3n) is 4.49. The van der Waals surface area contributed by atoms with Crippen LogP contribution in [0.4, 0.5) is 5.69 Å². The molecule has 0 radical (unpaired) electrons. The van der Waals surface area contributed by atoms with Gasteiger partial charge in [-0.3, -0.25) is 4.79 Å². The van der Waals surface area contributed by atoms with E-state index in [0.717, 1.165) is 16.9 Å². The van der Waals surface area contributed by atoms with Crippen LogP contribution >= 0.6 is 0 Å². The van der Waals surface area contributed by atoms with Gasteiger partial charge in [0.1, 0.15) is 0 Å². The molecule has 1 amide bonds. The van der Waals surface area contributed by atoms with E-state index in [1.54, 1.807) is 4.68 Å². The fraction of sp³-hybridized carbons (Fsp3) is 0.318. The van der Waals surface area contributed by atoms with Crippen molar-refractivity contribution in [2.24, 2.45) is 5.41 Å². The predicted octanol–water partition coefficient (Wildman–Crippen LogP) is 4.05. The van der Waals surface area contributed by atoms with E-state index in [0.29, 0.717) is 23.7 Å². The number of amides is 1. The number of aromatic nitrogens is 3. The third-order valence-corrected chi connectivity index (χ3v) is 4.49. The van der Waals surface area contributed by atoms with Gasteiger partial charge < -0.3 is 19.5 Å². The number of carbonyl (C=O) groups excluding carboxylic acids is 1. The summed E-state index contributed by atoms with van der Waals surface area (Å²) >= 11 is 0. The number of fused-ring (bicyclic) bond motifs is 1. The third kappa shape index (κ3) is 4.22. The molecular formula is C22H24N4O4. The molecule has 30 heavy (non-hydrogen) atoms. The quantitative estimate of drug-likeness (QED) is 0.685. The summed E-state index contributed by atoms with van der Waals surface area (Å²) in [4.78, 5) is 16.7. The number of rotatable bonds is 5. The number of carbonyl (C=O) groups is 1. The normalized spacial score (nSPS) is 12.7. The van der Waals surface area contributed by atoms with Gasteiger partial charge in [0.05, 0.1) is 12.8 Å². The highest BCUT2D eigenvalue weighted by molar-refractivity contribution is 5.91. The monoisotopic (exact) mass is 408 g/mol. The van der Waals surface area contributed by atoms with Crippen molar-refractivity contribution in [3.05, 3.63) is 42.5 Å². The van der Waals surface area contributed by atoms with Gasteiger partial charge in [-0.2, -0.15) is 4.98 Å². The summed E-state index contributed by atoms with van der Waals surface area (Å²) in [5, 5.41) is 7.36. The fourth-order valence-corrected chi connectivity index (χ4v) is 3.15. The molecule has 1 aromatic heterocycles. The van der Waals surface area contributed by atoms with E-state index in [4.69, 9.17) is 14.2 Å². The van der Waals surface area contributed by atoms with Gasteiger partial charge in [-0.25, -0.2) is 4.68 Å². The van der Waals surface area contributed by atoms with Gasteiger partial charge in [-0.15, -0.1) is 5.10 Å². The first kappa shape index (κ1) is 19.8. The fourth-order valence-electron chi connectivity index (χ4n) is 3.15. The first-order valence-electron chi connectivity index (χ1n) is 9.64. The Bertz CT molecular complexity index is 1070. The molecule has 8 heteroatoms. The Kier molecular flexibility index (Phi) is 5.07. The lowest BCUT2D eigenvalue weighted by molar-refractivity contribution is -0.117. The molecule has 0 fully saturated rings. The standard InChI is InChI=1S/C22H24N4O4/c1-22(2,3)12-19(27)23-15-6-8-16(9-7-15)26-20(24-21(25-26)28-4)14-5-10-17-18(11-14)30-13-29-17/h5-11H,12-13H2,1-4H3,(H,23,27). The second kappa shape index (κ2) is 7.70. The van der Waals surface area contributed by atoms with Crippen LogP contribution in [0.1, 0.15) is 27.2 Å². The molecule has 0 saturated carbocycles. The maximum atomic E-state index is 12.2. The van der Waals surface area contributed by atoms with Gasteiger partial charge in [-0.05, 0) is 47.9 Å². The average molecular weight is 408 g/mol. The van der Waals surface area contributed by atoms with Crippen LogP contribution in [0.5, 0.6) is 17.5 Å². The van der Waals surface area contributed by atoms with Gasteiger partial charge in [0.25, 0.3) is 0 Å². The van der Waals surface area contributed by atoms with Gasteiger partial charge in [-0.1, -0.05) is 20.8 Å². The molecule has 156 valence electrons. The number of hydrogen-bond donors (Lipinski definition) is 1. The topological polar surface area (TPSA) is 87.5 Å². The zero-order valence-electron chi connectivity index (χ0n) is 17.4. The van der Waals surface area contributed by atoms with E-state index in [-0.39, 0.29) is 24.1 Å². The smallest absolute Gasteiger partial charge is 0.336 e. The molecule has 8 nitrogen and oxygen atoms in total. The van der Waals surface area contributed by atoms with Crippen LogP contribution in [0.2, 0.25) is 0 Å². The van der Waals surface area contributed by atoms with Gasteiger partial charge in [0.15, 0.2) is 17.3 Å². The van der Waals surface area contributed by atoms with E-state index in [2.05, 4.69) is 15.4 Å². The summed E-state index contributed by atoms with van der Waals surface area (Å²) in [6.07, 6.45) is 0.448. The molecule has 1 aliphatic heterocycles. The number of anilines is 1. The molecule has 3 aromatic rings. The van der Waals surface area contributed by atoms with E-state index in [9.17, 15) is 4.79 Å². The molecule has 2 heterocycles. The van der Waals surface area contributed by atoms with E-state index in [1.807, 2.05) is 63.2 Å². The van der Waals surface area contributed by atoms with Crippen LogP contribution in [0.15, 0.2) is 42.5 Å². The highest BCUT2D eigenvalue weighted by Gasteiger charge is 2.19. The molecule has 0 bridgehead atoms. The molecular weight excluding hydrogens is 384 g/mol. The predicted molar refractivity (Wildman–Crippen MR) is 112 cm³/mol. The molecule has 4 rings (SSSR count). The van der Waals surface area contributed by atoms with Crippen molar-refractivity contribution in [1.82, 2.24) is 14.8 Å². The molecule has 1 aliphatic rings. The van der Waals surface area contributed by atoms with Crippen LogP contribution in [-0.4, -0.2) is 34.6 Å². The Hall–Kier alpha value is -3.55. The summed E-state index contributed by atoms with van der Waals surface area (Å²) < 4.78 is 17.8. The number of nitrogens with one attached hydrogen (secondary N) is 1. The van der Waals surface area contributed by atoms with Crippen molar-refractivity contribution >= 4 is 11.6 Å².